The normalized spacial score (nSPS) is 12.3. The second-order valence-corrected chi connectivity index (χ2v) is 6.91. The minimum atomic E-state index is -4.51. The van der Waals surface area contributed by atoms with Crippen LogP contribution in [0.15, 0.2) is 54.1 Å². The number of allylic oxidation sites excluding steroid dienone is 1. The maximum absolute atomic E-state index is 13.3. The highest BCUT2D eigenvalue weighted by molar-refractivity contribution is 5.61. The van der Waals surface area contributed by atoms with Crippen molar-refractivity contribution in [1.82, 2.24) is 0 Å². The van der Waals surface area contributed by atoms with Crippen LogP contribution in [0, 0.1) is 11.8 Å². The van der Waals surface area contributed by atoms with Crippen LogP contribution in [-0.2, 0) is 5.41 Å². The molecule has 136 valence electrons. The molecule has 2 aromatic rings. The van der Waals surface area contributed by atoms with Gasteiger partial charge in [-0.1, -0.05) is 56.9 Å². The molecule has 0 spiro atoms. The van der Waals surface area contributed by atoms with E-state index in [0.29, 0.717) is 16.9 Å². The highest BCUT2D eigenvalue weighted by atomic mass is 19.4. The number of halogens is 3. The molecule has 0 saturated carbocycles. The number of hydrogen-bond donors (Lipinski definition) is 0. The Kier molecular flexibility index (Phi) is 5.82. The van der Waals surface area contributed by atoms with Crippen LogP contribution in [0.4, 0.5) is 13.2 Å². The van der Waals surface area contributed by atoms with Crippen LogP contribution in [0.3, 0.4) is 0 Å². The number of rotatable bonds is 2. The number of benzene rings is 2. The summed E-state index contributed by atoms with van der Waals surface area (Å²) in [6.07, 6.45) is -3.44. The molecule has 0 atom stereocenters. The van der Waals surface area contributed by atoms with E-state index >= 15 is 0 Å². The van der Waals surface area contributed by atoms with Crippen molar-refractivity contribution in [2.75, 3.05) is 7.11 Å². The third-order valence-corrected chi connectivity index (χ3v) is 3.82. The molecule has 0 N–H and O–H groups in total. The summed E-state index contributed by atoms with van der Waals surface area (Å²) in [5, 5.41) is 0. The van der Waals surface area contributed by atoms with Crippen LogP contribution >= 0.6 is 0 Å². The molecule has 1 nitrogen and oxygen atoms in total. The molecule has 0 aliphatic carbocycles. The first-order valence-electron chi connectivity index (χ1n) is 8.15. The van der Waals surface area contributed by atoms with Crippen molar-refractivity contribution in [3.63, 3.8) is 0 Å². The van der Waals surface area contributed by atoms with Crippen molar-refractivity contribution >= 4 is 6.08 Å². The van der Waals surface area contributed by atoms with Crippen molar-refractivity contribution < 1.29 is 17.9 Å². The van der Waals surface area contributed by atoms with Gasteiger partial charge in [0, 0.05) is 5.56 Å². The van der Waals surface area contributed by atoms with Gasteiger partial charge in [0.05, 0.1) is 7.11 Å². The lowest BCUT2D eigenvalue weighted by molar-refractivity contribution is -0.0863. The predicted molar refractivity (Wildman–Crippen MR) is 99.0 cm³/mol. The first-order chi connectivity index (χ1) is 12.1. The van der Waals surface area contributed by atoms with Gasteiger partial charge in [0.15, 0.2) is 0 Å². The van der Waals surface area contributed by atoms with Crippen molar-refractivity contribution in [2.45, 2.75) is 32.4 Å². The van der Waals surface area contributed by atoms with Crippen LogP contribution in [-0.4, -0.2) is 13.3 Å². The van der Waals surface area contributed by atoms with Gasteiger partial charge in [0.1, 0.15) is 11.3 Å². The SMILES string of the molecule is COc1ccc(C#CC(=Cc2ccc(C(C)(C)C)cc2)C(F)(F)F)cc1. The standard InChI is InChI=1S/C22H21F3O/c1-21(2,3)18-10-6-17(7-11-18)15-19(22(23,24)25)12-5-16-8-13-20(26-4)14-9-16/h6-11,13-15H,1-4H3. The fourth-order valence-electron chi connectivity index (χ4n) is 2.25. The number of alkyl halides is 3. The molecule has 0 aliphatic rings. The Hall–Kier alpha value is -2.67. The summed E-state index contributed by atoms with van der Waals surface area (Å²) in [6.45, 7) is 6.16. The van der Waals surface area contributed by atoms with Gasteiger partial charge < -0.3 is 4.74 Å². The fraction of sp³-hybridized carbons (Fsp3) is 0.273. The maximum atomic E-state index is 13.3. The lowest BCUT2D eigenvalue weighted by Gasteiger charge is -2.18. The summed E-state index contributed by atoms with van der Waals surface area (Å²) < 4.78 is 44.9. The molecule has 0 amide bonds. The van der Waals surface area contributed by atoms with Crippen molar-refractivity contribution in [2.24, 2.45) is 0 Å². The number of hydrogen-bond acceptors (Lipinski definition) is 1. The Morgan fingerprint density at radius 1 is 0.923 bits per heavy atom. The van der Waals surface area contributed by atoms with E-state index in [9.17, 15) is 13.2 Å². The van der Waals surface area contributed by atoms with Crippen LogP contribution in [0.25, 0.3) is 6.08 Å². The largest absolute Gasteiger partial charge is 0.497 e. The molecule has 0 bridgehead atoms. The van der Waals surface area contributed by atoms with Crippen LogP contribution < -0.4 is 4.74 Å². The molecular formula is C22H21F3O. The van der Waals surface area contributed by atoms with Crippen LogP contribution in [0.1, 0.15) is 37.5 Å². The molecule has 2 aromatic carbocycles. The zero-order valence-corrected chi connectivity index (χ0v) is 15.2. The zero-order chi connectivity index (χ0) is 19.4. The summed E-state index contributed by atoms with van der Waals surface area (Å²) in [5.41, 5.74) is 1.09. The van der Waals surface area contributed by atoms with Gasteiger partial charge in [-0.2, -0.15) is 13.2 Å². The quantitative estimate of drug-likeness (QED) is 0.599. The first-order valence-corrected chi connectivity index (χ1v) is 8.15. The molecule has 0 radical (unpaired) electrons. The Bertz CT molecular complexity index is 825. The van der Waals surface area contributed by atoms with Gasteiger partial charge in [-0.15, -0.1) is 0 Å². The summed E-state index contributed by atoms with van der Waals surface area (Å²) in [5.74, 6) is 5.44. The summed E-state index contributed by atoms with van der Waals surface area (Å²) in [6, 6.07) is 13.6. The van der Waals surface area contributed by atoms with E-state index < -0.39 is 11.7 Å². The summed E-state index contributed by atoms with van der Waals surface area (Å²) >= 11 is 0. The highest BCUT2D eigenvalue weighted by Crippen LogP contribution is 2.28. The van der Waals surface area contributed by atoms with Crippen molar-refractivity contribution in [3.8, 4) is 17.6 Å². The maximum Gasteiger partial charge on any atom is 0.424 e. The smallest absolute Gasteiger partial charge is 0.424 e. The van der Waals surface area contributed by atoms with E-state index in [1.54, 1.807) is 36.4 Å². The summed E-state index contributed by atoms with van der Waals surface area (Å²) in [4.78, 5) is 0. The zero-order valence-electron chi connectivity index (χ0n) is 15.2. The summed E-state index contributed by atoms with van der Waals surface area (Å²) in [7, 11) is 1.52. The van der Waals surface area contributed by atoms with Crippen molar-refractivity contribution in [3.05, 3.63) is 70.8 Å². The molecule has 26 heavy (non-hydrogen) atoms. The minimum Gasteiger partial charge on any atom is -0.497 e. The molecule has 0 heterocycles. The van der Waals surface area contributed by atoms with Crippen LogP contribution in [0.2, 0.25) is 0 Å². The third-order valence-electron chi connectivity index (χ3n) is 3.82. The second-order valence-electron chi connectivity index (χ2n) is 6.91. The van der Waals surface area contributed by atoms with E-state index in [1.807, 2.05) is 12.1 Å². The third kappa shape index (κ3) is 5.42. The van der Waals surface area contributed by atoms with Gasteiger partial charge in [-0.3, -0.25) is 0 Å². The van der Waals surface area contributed by atoms with Crippen LogP contribution in [0.5, 0.6) is 5.75 Å². The van der Waals surface area contributed by atoms with Gasteiger partial charge >= 0.3 is 6.18 Å². The lowest BCUT2D eigenvalue weighted by atomic mass is 9.86. The van der Waals surface area contributed by atoms with E-state index in [4.69, 9.17) is 4.74 Å². The Morgan fingerprint density at radius 2 is 1.50 bits per heavy atom. The fourth-order valence-corrected chi connectivity index (χ4v) is 2.25. The second kappa shape index (κ2) is 7.70. The van der Waals surface area contributed by atoms with E-state index in [1.165, 1.54) is 7.11 Å². The minimum absolute atomic E-state index is 0.0523. The van der Waals surface area contributed by atoms with Gasteiger partial charge in [-0.25, -0.2) is 0 Å². The van der Waals surface area contributed by atoms with Gasteiger partial charge in [0.25, 0.3) is 0 Å². The molecule has 0 saturated heterocycles. The Morgan fingerprint density at radius 3 is 1.96 bits per heavy atom. The average Bonchev–Trinajstić information content (AvgIpc) is 2.57. The number of methoxy groups -OCH3 is 1. The van der Waals surface area contributed by atoms with E-state index in [0.717, 1.165) is 11.6 Å². The first kappa shape index (κ1) is 19.7. The topological polar surface area (TPSA) is 9.23 Å². The predicted octanol–water partition coefficient (Wildman–Crippen LogP) is 5.99. The molecule has 0 fully saturated rings. The molecular weight excluding hydrogens is 337 g/mol. The monoisotopic (exact) mass is 358 g/mol. The molecule has 0 unspecified atom stereocenters. The Labute approximate surface area is 152 Å². The lowest BCUT2D eigenvalue weighted by Crippen LogP contribution is -2.11. The van der Waals surface area contributed by atoms with Crippen molar-refractivity contribution in [1.29, 1.82) is 0 Å². The number of ether oxygens (including phenoxy) is 1. The average molecular weight is 358 g/mol. The highest BCUT2D eigenvalue weighted by Gasteiger charge is 2.32. The molecule has 0 aliphatic heterocycles. The van der Waals surface area contributed by atoms with Gasteiger partial charge in [0.2, 0.25) is 0 Å². The van der Waals surface area contributed by atoms with Gasteiger partial charge in [-0.05, 0) is 46.9 Å². The molecule has 2 rings (SSSR count). The van der Waals surface area contributed by atoms with E-state index in [-0.39, 0.29) is 5.41 Å². The molecule has 4 heteroatoms. The van der Waals surface area contributed by atoms with E-state index in [2.05, 4.69) is 32.6 Å². The molecule has 0 aromatic heterocycles. The Balaban J connectivity index is 2.33.